The van der Waals surface area contributed by atoms with Crippen LogP contribution in [0.1, 0.15) is 39.2 Å². The fraction of sp³-hybridized carbons (Fsp3) is 0.611. The topological polar surface area (TPSA) is 51.0 Å². The van der Waals surface area contributed by atoms with Gasteiger partial charge < -0.3 is 4.90 Å². The first kappa shape index (κ1) is 17.1. The summed E-state index contributed by atoms with van der Waals surface area (Å²) < 4.78 is 2.24. The largest absolute Gasteiger partial charge is 0.341 e. The number of carbonyl (C=O) groups is 1. The maximum atomic E-state index is 12.6. The Morgan fingerprint density at radius 2 is 2.04 bits per heavy atom. The van der Waals surface area contributed by atoms with Crippen LogP contribution in [-0.2, 0) is 4.79 Å². The van der Waals surface area contributed by atoms with Crippen molar-refractivity contribution in [2.75, 3.05) is 18.8 Å². The predicted molar refractivity (Wildman–Crippen MR) is 102 cm³/mol. The third-order valence-electron chi connectivity index (χ3n) is 4.86. The van der Waals surface area contributed by atoms with Crippen LogP contribution in [0.5, 0.6) is 0 Å². The second kappa shape index (κ2) is 7.11. The molecule has 2 fully saturated rings. The van der Waals surface area contributed by atoms with Crippen LogP contribution < -0.4 is 0 Å². The number of nitrogens with zero attached hydrogens (tertiary/aromatic N) is 4. The third kappa shape index (κ3) is 3.77. The average molecular weight is 377 g/mol. The van der Waals surface area contributed by atoms with E-state index in [2.05, 4.69) is 40.1 Å². The number of amides is 1. The summed E-state index contributed by atoms with van der Waals surface area (Å²) in [4.78, 5) is 15.8. The molecule has 2 atom stereocenters. The highest BCUT2D eigenvalue weighted by Gasteiger charge is 2.31. The molecule has 5 nitrogen and oxygen atoms in total. The Hall–Kier alpha value is -1.34. The van der Waals surface area contributed by atoms with Crippen molar-refractivity contribution in [1.29, 1.82) is 0 Å². The summed E-state index contributed by atoms with van der Waals surface area (Å²) in [6.45, 7) is 6.25. The van der Waals surface area contributed by atoms with Crippen molar-refractivity contribution in [2.45, 2.75) is 44.3 Å². The minimum Gasteiger partial charge on any atom is -0.341 e. The lowest BCUT2D eigenvalue weighted by atomic mass is 9.92. The first-order valence-electron chi connectivity index (χ1n) is 9.01. The second-order valence-corrected chi connectivity index (χ2v) is 9.31. The van der Waals surface area contributed by atoms with Gasteiger partial charge in [-0.1, -0.05) is 31.7 Å². The molecule has 0 aromatic carbocycles. The van der Waals surface area contributed by atoms with E-state index in [-0.39, 0.29) is 5.91 Å². The van der Waals surface area contributed by atoms with Crippen LogP contribution in [0.15, 0.2) is 22.7 Å². The highest BCUT2D eigenvalue weighted by Crippen LogP contribution is 2.41. The number of aromatic nitrogens is 3. The molecule has 0 radical (unpaired) electrons. The molecule has 1 amide bonds. The zero-order valence-corrected chi connectivity index (χ0v) is 16.4. The lowest BCUT2D eigenvalue weighted by Gasteiger charge is -2.34. The number of hydrogen-bond donors (Lipinski definition) is 0. The Labute approximate surface area is 156 Å². The lowest BCUT2D eigenvalue weighted by Crippen LogP contribution is -2.43. The van der Waals surface area contributed by atoms with E-state index in [0.29, 0.717) is 23.6 Å². The molecule has 134 valence electrons. The van der Waals surface area contributed by atoms with E-state index >= 15 is 0 Å². The monoisotopic (exact) mass is 376 g/mol. The highest BCUT2D eigenvalue weighted by atomic mass is 32.2. The molecule has 2 aliphatic rings. The molecule has 0 unspecified atom stereocenters. The molecule has 0 spiro atoms. The Balaban J connectivity index is 1.45. The van der Waals surface area contributed by atoms with E-state index < -0.39 is 0 Å². The maximum absolute atomic E-state index is 12.6. The summed E-state index contributed by atoms with van der Waals surface area (Å²) >= 11 is 3.23. The second-order valence-electron chi connectivity index (χ2n) is 7.42. The van der Waals surface area contributed by atoms with Gasteiger partial charge in [-0.25, -0.2) is 0 Å². The van der Waals surface area contributed by atoms with E-state index in [0.717, 1.165) is 28.9 Å². The van der Waals surface area contributed by atoms with Gasteiger partial charge in [-0.05, 0) is 42.5 Å². The van der Waals surface area contributed by atoms with Gasteiger partial charge in [0.05, 0.1) is 10.6 Å². The van der Waals surface area contributed by atoms with Crippen LogP contribution in [0, 0.1) is 11.8 Å². The summed E-state index contributed by atoms with van der Waals surface area (Å²) in [6.07, 6.45) is 3.58. The van der Waals surface area contributed by atoms with Crippen molar-refractivity contribution in [3.8, 4) is 10.7 Å². The highest BCUT2D eigenvalue weighted by molar-refractivity contribution is 7.99. The molecule has 7 heteroatoms. The average Bonchev–Trinajstić information content (AvgIpc) is 3.10. The SMILES string of the molecule is C[C@H]1C[C@H](C)CN(C(=O)CSc2nnc(-c3cccs3)n2C2CC2)C1. The molecule has 2 aromatic heterocycles. The van der Waals surface area contributed by atoms with Crippen LogP contribution in [0.4, 0.5) is 0 Å². The fourth-order valence-corrected chi connectivity index (χ4v) is 5.31. The number of rotatable bonds is 5. The number of carbonyl (C=O) groups excluding carboxylic acids is 1. The predicted octanol–water partition coefficient (Wildman–Crippen LogP) is 3.94. The van der Waals surface area contributed by atoms with Crippen LogP contribution in [-0.4, -0.2) is 44.4 Å². The summed E-state index contributed by atoms with van der Waals surface area (Å²) in [5.41, 5.74) is 0. The maximum Gasteiger partial charge on any atom is 0.233 e. The normalized spacial score (nSPS) is 23.8. The molecule has 1 aliphatic carbocycles. The lowest BCUT2D eigenvalue weighted by molar-refractivity contribution is -0.130. The van der Waals surface area contributed by atoms with Crippen molar-refractivity contribution in [2.24, 2.45) is 11.8 Å². The van der Waals surface area contributed by atoms with E-state index in [9.17, 15) is 4.79 Å². The molecule has 0 bridgehead atoms. The van der Waals surface area contributed by atoms with Crippen molar-refractivity contribution in [1.82, 2.24) is 19.7 Å². The number of thiophene rings is 1. The first-order valence-corrected chi connectivity index (χ1v) is 10.9. The summed E-state index contributed by atoms with van der Waals surface area (Å²) in [5, 5.41) is 11.8. The Morgan fingerprint density at radius 1 is 1.28 bits per heavy atom. The quantitative estimate of drug-likeness (QED) is 0.742. The third-order valence-corrected chi connectivity index (χ3v) is 6.66. The van der Waals surface area contributed by atoms with E-state index in [1.54, 1.807) is 23.1 Å². The van der Waals surface area contributed by atoms with Gasteiger partial charge in [-0.15, -0.1) is 21.5 Å². The molecular weight excluding hydrogens is 352 g/mol. The van der Waals surface area contributed by atoms with Gasteiger partial charge >= 0.3 is 0 Å². The standard InChI is InChI=1S/C18H24N4OS2/c1-12-8-13(2)10-21(9-12)16(23)11-25-18-20-19-17(15-4-3-7-24-15)22(18)14-5-6-14/h3-4,7,12-14H,5-6,8-11H2,1-2H3/t12-,13-/m0/s1. The van der Waals surface area contributed by atoms with Crippen molar-refractivity contribution < 1.29 is 4.79 Å². The molecule has 4 rings (SSSR count). The molecule has 1 saturated carbocycles. The molecular formula is C18H24N4OS2. The molecule has 25 heavy (non-hydrogen) atoms. The van der Waals surface area contributed by atoms with Gasteiger partial charge in [-0.2, -0.15) is 0 Å². The number of hydrogen-bond acceptors (Lipinski definition) is 5. The molecule has 0 N–H and O–H groups in total. The van der Waals surface area contributed by atoms with Crippen molar-refractivity contribution in [3.63, 3.8) is 0 Å². The Kier molecular flexibility index (Phi) is 4.86. The van der Waals surface area contributed by atoms with E-state index in [1.165, 1.54) is 19.3 Å². The Bertz CT molecular complexity index is 728. The van der Waals surface area contributed by atoms with Gasteiger partial charge in [-0.3, -0.25) is 9.36 Å². The smallest absolute Gasteiger partial charge is 0.233 e. The molecule has 1 saturated heterocycles. The Morgan fingerprint density at radius 3 is 2.68 bits per heavy atom. The zero-order valence-electron chi connectivity index (χ0n) is 14.7. The van der Waals surface area contributed by atoms with Gasteiger partial charge in [0, 0.05) is 19.1 Å². The van der Waals surface area contributed by atoms with Crippen LogP contribution in [0.3, 0.4) is 0 Å². The molecule has 2 aromatic rings. The van der Waals surface area contributed by atoms with E-state index in [4.69, 9.17) is 0 Å². The number of piperidine rings is 1. The minimum atomic E-state index is 0.228. The minimum absolute atomic E-state index is 0.228. The van der Waals surface area contributed by atoms with E-state index in [1.807, 2.05) is 11.0 Å². The molecule has 1 aliphatic heterocycles. The zero-order chi connectivity index (χ0) is 17.4. The van der Waals surface area contributed by atoms with Crippen molar-refractivity contribution >= 4 is 29.0 Å². The van der Waals surface area contributed by atoms with Gasteiger partial charge in [0.25, 0.3) is 0 Å². The van der Waals surface area contributed by atoms with Gasteiger partial charge in [0.2, 0.25) is 5.91 Å². The first-order chi connectivity index (χ1) is 12.1. The van der Waals surface area contributed by atoms with Crippen LogP contribution in [0.25, 0.3) is 10.7 Å². The number of likely N-dealkylation sites (tertiary alicyclic amines) is 1. The van der Waals surface area contributed by atoms with Gasteiger partial charge in [0.15, 0.2) is 11.0 Å². The van der Waals surface area contributed by atoms with Crippen molar-refractivity contribution in [3.05, 3.63) is 17.5 Å². The summed E-state index contributed by atoms with van der Waals surface area (Å²) in [6, 6.07) is 4.63. The fourth-order valence-electron chi connectivity index (χ4n) is 3.70. The molecule has 3 heterocycles. The van der Waals surface area contributed by atoms with Gasteiger partial charge in [0.1, 0.15) is 0 Å². The number of thioether (sulfide) groups is 1. The summed E-state index contributed by atoms with van der Waals surface area (Å²) in [7, 11) is 0. The van der Waals surface area contributed by atoms with Crippen LogP contribution in [0.2, 0.25) is 0 Å². The van der Waals surface area contributed by atoms with Crippen LogP contribution >= 0.6 is 23.1 Å². The summed E-state index contributed by atoms with van der Waals surface area (Å²) in [5.74, 6) is 2.82.